The Hall–Kier alpha value is -7.92. The first-order valence-electron chi connectivity index (χ1n) is 21.9. The lowest BCUT2D eigenvalue weighted by atomic mass is 9.74. The van der Waals surface area contributed by atoms with Gasteiger partial charge in [-0.05, 0) is 85.4 Å². The third kappa shape index (κ3) is 5.61. The van der Waals surface area contributed by atoms with Crippen LogP contribution in [0, 0.1) is 35.8 Å². The fourth-order valence-electron chi connectivity index (χ4n) is 11.4. The summed E-state index contributed by atoms with van der Waals surface area (Å²) < 4.78 is 4.18. The fraction of sp³-hybridized carbons (Fsp3) is 0.286. The van der Waals surface area contributed by atoms with E-state index in [9.17, 15) is 20.7 Å². The Kier molecular flexibility index (Phi) is 9.38. The normalized spacial score (nSPS) is 24.2. The average Bonchev–Trinajstić information content (AvgIpc) is 3.78. The quantitative estimate of drug-likeness (QED) is 0.147. The third-order valence-corrected chi connectivity index (χ3v) is 15.2. The lowest BCUT2D eigenvalue weighted by molar-refractivity contribution is -0.404. The summed E-state index contributed by atoms with van der Waals surface area (Å²) in [7, 11) is 7.90. The second kappa shape index (κ2) is 14.3. The molecule has 2 aliphatic carbocycles. The summed E-state index contributed by atoms with van der Waals surface area (Å²) in [5, 5.41) is 49.0. The predicted molar refractivity (Wildman–Crippen MR) is 255 cm³/mol. The van der Waals surface area contributed by atoms with Gasteiger partial charge in [-0.1, -0.05) is 75.6 Å². The molecular weight excluding hydrogens is 817 g/mol. The number of nitrogens with zero attached hydrogens (tertiary/aromatic N) is 8. The summed E-state index contributed by atoms with van der Waals surface area (Å²) in [6.45, 7) is 32.8. The molecule has 3 aromatic rings. The van der Waals surface area contributed by atoms with Gasteiger partial charge in [-0.3, -0.25) is 0 Å². The Morgan fingerprint density at radius 2 is 0.924 bits per heavy atom. The van der Waals surface area contributed by atoms with Gasteiger partial charge in [0.15, 0.2) is 11.4 Å². The molecule has 4 aliphatic heterocycles. The molecule has 0 atom stereocenters. The van der Waals surface area contributed by atoms with Gasteiger partial charge >= 0.3 is 0 Å². The SMILES string of the molecule is [C-]#[N+]/C(C#N)=C1/C(=CC2=[N+](C)c3cc4c(cc3C2(C)C)[N+](C)=C(C=C2C([O-])=C(C=C3N(C)c5ccccc5C3(C)C)/C2=C(\C#N)[N+]#[C-])C4(C)C)C([O-])=C1C=C1N(C)c2ccccc2C1(C)C. The molecule has 0 aromatic heterocycles. The van der Waals surface area contributed by atoms with E-state index >= 15 is 0 Å². The number of nitriles is 2. The molecule has 9 rings (SSSR count). The van der Waals surface area contributed by atoms with Gasteiger partial charge in [-0.15, -0.1) is 0 Å². The van der Waals surface area contributed by atoms with E-state index in [-0.39, 0.29) is 22.9 Å². The molecule has 0 N–H and O–H groups in total. The summed E-state index contributed by atoms with van der Waals surface area (Å²) in [6.07, 6.45) is 7.43. The number of rotatable bonds is 4. The van der Waals surface area contributed by atoms with Crippen molar-refractivity contribution in [2.75, 3.05) is 38.0 Å². The Morgan fingerprint density at radius 1 is 0.576 bits per heavy atom. The molecular formula is C56H50N8O2. The second-order valence-corrected chi connectivity index (χ2v) is 20.0. The smallest absolute Gasteiger partial charge is 0.270 e. The highest BCUT2D eigenvalue weighted by Gasteiger charge is 2.51. The van der Waals surface area contributed by atoms with Crippen LogP contribution < -0.4 is 20.0 Å². The molecule has 0 spiro atoms. The summed E-state index contributed by atoms with van der Waals surface area (Å²) in [4.78, 5) is 11.3. The van der Waals surface area contributed by atoms with Gasteiger partial charge in [0.2, 0.25) is 11.4 Å². The first kappa shape index (κ1) is 43.3. The van der Waals surface area contributed by atoms with Crippen molar-refractivity contribution in [2.24, 2.45) is 0 Å². The van der Waals surface area contributed by atoms with Crippen LogP contribution in [0.2, 0.25) is 0 Å². The van der Waals surface area contributed by atoms with E-state index in [4.69, 9.17) is 13.1 Å². The van der Waals surface area contributed by atoms with E-state index in [1.54, 1.807) is 0 Å². The minimum Gasteiger partial charge on any atom is -0.872 e. The van der Waals surface area contributed by atoms with Crippen molar-refractivity contribution in [3.8, 4) is 12.1 Å². The van der Waals surface area contributed by atoms with E-state index in [0.717, 1.165) is 67.8 Å². The van der Waals surface area contributed by atoms with Crippen LogP contribution in [0.25, 0.3) is 9.69 Å². The minimum atomic E-state index is -0.604. The monoisotopic (exact) mass is 866 g/mol. The van der Waals surface area contributed by atoms with Gasteiger partial charge in [0.05, 0.1) is 36.1 Å². The predicted octanol–water partition coefficient (Wildman–Crippen LogP) is 8.82. The van der Waals surface area contributed by atoms with E-state index in [0.29, 0.717) is 33.4 Å². The number of benzene rings is 3. The summed E-state index contributed by atoms with van der Waals surface area (Å²) in [6, 6.07) is 24.8. The molecule has 0 saturated carbocycles. The third-order valence-electron chi connectivity index (χ3n) is 15.2. The maximum atomic E-state index is 14.3. The van der Waals surface area contributed by atoms with Crippen LogP contribution >= 0.6 is 0 Å². The van der Waals surface area contributed by atoms with Crippen LogP contribution in [0.1, 0.15) is 77.6 Å². The average molecular weight is 867 g/mol. The maximum absolute atomic E-state index is 14.3. The topological polar surface area (TPSA) is 115 Å². The van der Waals surface area contributed by atoms with Crippen molar-refractivity contribution in [3.05, 3.63) is 198 Å². The van der Waals surface area contributed by atoms with Crippen molar-refractivity contribution >= 4 is 34.2 Å². The molecule has 3 aromatic carbocycles. The van der Waals surface area contributed by atoms with Crippen molar-refractivity contribution in [3.63, 3.8) is 0 Å². The van der Waals surface area contributed by atoms with E-state index in [2.05, 4.69) is 133 Å². The zero-order valence-corrected chi connectivity index (χ0v) is 39.5. The van der Waals surface area contributed by atoms with E-state index in [1.807, 2.05) is 76.8 Å². The van der Waals surface area contributed by atoms with Crippen molar-refractivity contribution in [1.29, 1.82) is 10.5 Å². The van der Waals surface area contributed by atoms with Crippen LogP contribution in [-0.4, -0.2) is 48.8 Å². The highest BCUT2D eigenvalue weighted by atomic mass is 16.3. The van der Waals surface area contributed by atoms with Crippen LogP contribution in [-0.2, 0) is 21.7 Å². The highest BCUT2D eigenvalue weighted by Crippen LogP contribution is 2.54. The van der Waals surface area contributed by atoms with Gasteiger partial charge in [0.25, 0.3) is 11.4 Å². The molecule has 0 radical (unpaired) electrons. The Balaban J connectivity index is 1.11. The molecule has 0 fully saturated rings. The van der Waals surface area contributed by atoms with Gasteiger partial charge in [-0.2, -0.15) is 9.15 Å². The molecule has 10 nitrogen and oxygen atoms in total. The Labute approximate surface area is 387 Å². The summed E-state index contributed by atoms with van der Waals surface area (Å²) in [5.74, 6) is -0.426. The zero-order chi connectivity index (χ0) is 47.7. The maximum Gasteiger partial charge on any atom is 0.270 e. The fourth-order valence-corrected chi connectivity index (χ4v) is 11.4. The van der Waals surface area contributed by atoms with E-state index in [1.165, 1.54) is 0 Å². The van der Waals surface area contributed by atoms with Crippen LogP contribution in [0.4, 0.5) is 22.7 Å². The molecule has 0 amide bonds. The van der Waals surface area contributed by atoms with E-state index < -0.39 is 21.7 Å². The summed E-state index contributed by atoms with van der Waals surface area (Å²) >= 11 is 0. The largest absolute Gasteiger partial charge is 0.872 e. The van der Waals surface area contributed by atoms with Crippen molar-refractivity contribution in [1.82, 2.24) is 0 Å². The summed E-state index contributed by atoms with van der Waals surface area (Å²) in [5.41, 5.74) is 11.7. The number of allylic oxidation sites excluding steroid dienone is 12. The molecule has 10 heteroatoms. The molecule has 0 unspecified atom stereocenters. The Morgan fingerprint density at radius 3 is 1.24 bits per heavy atom. The molecule has 0 bridgehead atoms. The van der Waals surface area contributed by atoms with Crippen LogP contribution in [0.15, 0.2) is 153 Å². The molecule has 326 valence electrons. The highest BCUT2D eigenvalue weighted by molar-refractivity contribution is 6.08. The number of anilines is 2. The molecule has 4 heterocycles. The first-order chi connectivity index (χ1) is 31.1. The number of likely N-dealkylation sites (N-methyl/N-ethyl adjacent to an activating group) is 2. The lowest BCUT2D eigenvalue weighted by Gasteiger charge is -2.36. The number of para-hydroxylation sites is 2. The number of hydrogen-bond acceptors (Lipinski definition) is 6. The zero-order valence-electron chi connectivity index (χ0n) is 39.5. The van der Waals surface area contributed by atoms with Crippen LogP contribution in [0.5, 0.6) is 0 Å². The van der Waals surface area contributed by atoms with Gasteiger partial charge < -0.3 is 20.0 Å². The number of fused-ring (bicyclic) bond motifs is 4. The van der Waals surface area contributed by atoms with Crippen molar-refractivity contribution < 1.29 is 19.4 Å². The standard InChI is InChI=1S/C56H50N8O2/c1-53(2)35-19-15-17-21-41(35)61(11)45(53)23-31-49(39(29-57)59-9)33(51(31)65)25-47-55(5,6)37-27-44-38(28-43(37)63(47)13)56(7,8)48(64(44)14)26-34-50(40(30-58)60-10)32(52(34)66)24-46-54(3,4)36-20-16-18-22-42(36)62(46)12/h15-28H,1-8,11-14H3/b49-39-,50-40+. The van der Waals surface area contributed by atoms with Gasteiger partial charge in [0.1, 0.15) is 14.1 Å². The number of hydrogen-bond donors (Lipinski definition) is 0. The van der Waals surface area contributed by atoms with Crippen molar-refractivity contribution in [2.45, 2.75) is 77.0 Å². The Bertz CT molecular complexity index is 3100. The molecule has 66 heavy (non-hydrogen) atoms. The lowest BCUT2D eigenvalue weighted by Crippen LogP contribution is -2.31. The molecule has 0 saturated heterocycles. The first-order valence-corrected chi connectivity index (χ1v) is 21.9. The minimum absolute atomic E-state index is 0.123. The molecule has 6 aliphatic rings. The second-order valence-electron chi connectivity index (χ2n) is 20.0. The van der Waals surface area contributed by atoms with Gasteiger partial charge in [-0.25, -0.2) is 20.2 Å². The van der Waals surface area contributed by atoms with Crippen LogP contribution in [0.3, 0.4) is 0 Å². The van der Waals surface area contributed by atoms with Gasteiger partial charge in [0, 0.05) is 94.3 Å².